The van der Waals surface area contributed by atoms with Gasteiger partial charge in [-0.1, -0.05) is 5.16 Å². The number of aromatic nitrogens is 2. The Balaban J connectivity index is 0.00000361. The minimum Gasteiger partial charge on any atom is -0.464 e. The van der Waals surface area contributed by atoms with Crippen LogP contribution in [0.4, 0.5) is 0 Å². The van der Waals surface area contributed by atoms with Gasteiger partial charge in [0, 0.05) is 38.9 Å². The van der Waals surface area contributed by atoms with Gasteiger partial charge in [0.2, 0.25) is 0 Å². The fourth-order valence-corrected chi connectivity index (χ4v) is 1.21. The summed E-state index contributed by atoms with van der Waals surface area (Å²) in [5, 5.41) is 7.10. The van der Waals surface area contributed by atoms with Crippen LogP contribution in [-0.4, -0.2) is 42.1 Å². The fraction of sp³-hybridized carbons (Fsp3) is 0.364. The van der Waals surface area contributed by atoms with Crippen molar-refractivity contribution in [3.63, 3.8) is 0 Å². The van der Waals surface area contributed by atoms with Gasteiger partial charge < -0.3 is 25.8 Å². The summed E-state index contributed by atoms with van der Waals surface area (Å²) >= 11 is 0. The molecule has 20 heavy (non-hydrogen) atoms. The molecule has 105 valence electrons. The first-order chi connectivity index (χ1) is 9.24. The third kappa shape index (κ3) is 5.30. The molecule has 0 saturated carbocycles. The van der Waals surface area contributed by atoms with E-state index in [9.17, 15) is 4.79 Å². The Morgan fingerprint density at radius 3 is 2.80 bits per heavy atom. The van der Waals surface area contributed by atoms with E-state index in [2.05, 4.69) is 36.1 Å². The van der Waals surface area contributed by atoms with Crippen molar-refractivity contribution < 1.29 is 51.9 Å². The van der Waals surface area contributed by atoms with Crippen molar-refractivity contribution in [2.24, 2.45) is 10.3 Å². The first-order valence-corrected chi connectivity index (χ1v) is 5.22. The van der Waals surface area contributed by atoms with Crippen molar-refractivity contribution in [2.75, 3.05) is 14.2 Å². The first kappa shape index (κ1) is 18.6. The Morgan fingerprint density at radius 2 is 2.20 bits per heavy atom. The first-order valence-electron chi connectivity index (χ1n) is 5.22. The van der Waals surface area contributed by atoms with E-state index in [1.165, 1.54) is 26.7 Å². The Kier molecular flexibility index (Phi) is 9.66. The number of carbonyl (C=O) groups is 1. The van der Waals surface area contributed by atoms with Crippen LogP contribution in [0.1, 0.15) is 18.2 Å². The zero-order valence-corrected chi connectivity index (χ0v) is 14.2. The van der Waals surface area contributed by atoms with Crippen molar-refractivity contribution in [2.45, 2.75) is 13.5 Å². The summed E-state index contributed by atoms with van der Waals surface area (Å²) in [5.74, 6) is -0.663. The molecule has 0 spiro atoms. The summed E-state index contributed by atoms with van der Waals surface area (Å²) in [6, 6.07) is 0. The van der Waals surface area contributed by atoms with Crippen LogP contribution in [0.3, 0.4) is 0 Å². The number of hydrogen-bond acceptors (Lipinski definition) is 8. The number of nitrogens with zero attached hydrogens (tertiary/aromatic N) is 4. The minimum absolute atomic E-state index is 0. The molecular weight excluding hydrogens is 341 g/mol. The Bertz CT molecular complexity index is 493. The van der Waals surface area contributed by atoms with Gasteiger partial charge in [-0.2, -0.15) is 6.92 Å². The fourth-order valence-electron chi connectivity index (χ4n) is 1.21. The van der Waals surface area contributed by atoms with E-state index in [0.717, 1.165) is 0 Å². The summed E-state index contributed by atoms with van der Waals surface area (Å²) in [4.78, 5) is 29.0. The van der Waals surface area contributed by atoms with E-state index < -0.39 is 5.97 Å². The van der Waals surface area contributed by atoms with Gasteiger partial charge in [0.15, 0.2) is 12.3 Å². The maximum absolute atomic E-state index is 11.6. The quantitative estimate of drug-likeness (QED) is 0.318. The maximum atomic E-state index is 11.6. The molecule has 1 aromatic heterocycles. The molecule has 9 heteroatoms. The van der Waals surface area contributed by atoms with Crippen molar-refractivity contribution in [3.05, 3.63) is 23.8 Å². The van der Waals surface area contributed by atoms with E-state index in [1.807, 2.05) is 0 Å². The number of rotatable bonds is 6. The average Bonchev–Trinajstić information content (AvgIpc) is 2.45. The van der Waals surface area contributed by atoms with Gasteiger partial charge in [-0.05, 0) is 0 Å². The zero-order chi connectivity index (χ0) is 14.1. The average molecular weight is 354 g/mol. The summed E-state index contributed by atoms with van der Waals surface area (Å²) < 4.78 is 4.62. The predicted molar refractivity (Wildman–Crippen MR) is 65.5 cm³/mol. The smallest absolute Gasteiger partial charge is 0.360 e. The van der Waals surface area contributed by atoms with Crippen molar-refractivity contribution in [1.82, 2.24) is 9.97 Å². The number of hydrogen-bond donors (Lipinski definition) is 0. The van der Waals surface area contributed by atoms with Gasteiger partial charge in [-0.25, -0.2) is 14.8 Å². The number of ether oxygens (including phenoxy) is 1. The summed E-state index contributed by atoms with van der Waals surface area (Å²) in [6.07, 6.45) is 5.20. The summed E-state index contributed by atoms with van der Waals surface area (Å²) in [7, 11) is 2.56. The topological polar surface area (TPSA) is 95.3 Å². The molecule has 0 bridgehead atoms. The SMILES string of the molecule is C[C-]=NOCc1ncncc1/C(=N\OC)C(=O)OC.[Y]. The molecule has 8 nitrogen and oxygen atoms in total. The second-order valence-corrected chi connectivity index (χ2v) is 3.09. The van der Waals surface area contributed by atoms with Crippen LogP contribution in [0, 0.1) is 0 Å². The van der Waals surface area contributed by atoms with Crippen LogP contribution in [0.25, 0.3) is 0 Å². The van der Waals surface area contributed by atoms with E-state index >= 15 is 0 Å². The molecule has 0 amide bonds. The van der Waals surface area contributed by atoms with E-state index in [1.54, 1.807) is 6.92 Å². The molecular formula is C11H13N4O4Y-. The molecule has 1 radical (unpaired) electrons. The number of methoxy groups -OCH3 is 1. The molecule has 0 N–H and O–H groups in total. The van der Waals surface area contributed by atoms with Gasteiger partial charge in [0.05, 0.1) is 18.4 Å². The normalized spacial score (nSPS) is 10.8. The molecule has 0 aliphatic heterocycles. The molecule has 0 aliphatic rings. The molecule has 0 aromatic carbocycles. The molecule has 1 aromatic rings. The second-order valence-electron chi connectivity index (χ2n) is 3.09. The molecule has 1 rings (SSSR count). The van der Waals surface area contributed by atoms with Gasteiger partial charge in [-0.3, -0.25) is 0 Å². The van der Waals surface area contributed by atoms with E-state index in [-0.39, 0.29) is 45.0 Å². The van der Waals surface area contributed by atoms with E-state index in [4.69, 9.17) is 4.84 Å². The summed E-state index contributed by atoms with van der Waals surface area (Å²) in [5.41, 5.74) is 0.728. The maximum Gasteiger partial charge on any atom is 0.360 e. The van der Waals surface area contributed by atoms with Crippen molar-refractivity contribution in [3.8, 4) is 0 Å². The molecule has 0 unspecified atom stereocenters. The Morgan fingerprint density at radius 1 is 1.45 bits per heavy atom. The largest absolute Gasteiger partial charge is 0.464 e. The predicted octanol–water partition coefficient (Wildman–Crippen LogP) is 0.397. The number of esters is 1. The van der Waals surface area contributed by atoms with Gasteiger partial charge in [0.25, 0.3) is 0 Å². The van der Waals surface area contributed by atoms with Crippen LogP contribution in [0.5, 0.6) is 0 Å². The van der Waals surface area contributed by atoms with Crippen LogP contribution in [-0.2, 0) is 58.5 Å². The Hall–Kier alpha value is -1.41. The van der Waals surface area contributed by atoms with Crippen molar-refractivity contribution >= 4 is 17.9 Å². The van der Waals surface area contributed by atoms with Crippen molar-refractivity contribution in [1.29, 1.82) is 0 Å². The van der Waals surface area contributed by atoms with Crippen LogP contribution in [0.15, 0.2) is 22.8 Å². The molecule has 0 aliphatic carbocycles. The van der Waals surface area contributed by atoms with E-state index in [0.29, 0.717) is 11.3 Å². The van der Waals surface area contributed by atoms with Gasteiger partial charge >= 0.3 is 5.97 Å². The van der Waals surface area contributed by atoms with Crippen LogP contribution in [0.2, 0.25) is 0 Å². The zero-order valence-electron chi connectivity index (χ0n) is 11.4. The monoisotopic (exact) mass is 354 g/mol. The number of oxime groups is 1. The molecule has 0 fully saturated rings. The van der Waals surface area contributed by atoms with Crippen LogP contribution >= 0.6 is 0 Å². The van der Waals surface area contributed by atoms with Gasteiger partial charge in [-0.15, -0.1) is 0 Å². The minimum atomic E-state index is -0.663. The van der Waals surface area contributed by atoms with Gasteiger partial charge in [0.1, 0.15) is 13.4 Å². The third-order valence-corrected chi connectivity index (χ3v) is 1.97. The Labute approximate surface area is 141 Å². The van der Waals surface area contributed by atoms with Crippen LogP contribution < -0.4 is 0 Å². The second kappa shape index (κ2) is 10.4. The molecule has 0 saturated heterocycles. The standard InChI is InChI=1S/C11H13N4O4.Y/c1-4-14-19-6-9-8(5-12-7-13-9)10(15-18-3)11(16)17-2;/h5,7H,6H2,1-3H3;/q-1;/b15-10+;. The number of carbonyl (C=O) groups excluding carboxylic acids is 1. The third-order valence-electron chi connectivity index (χ3n) is 1.97. The molecule has 0 atom stereocenters. The summed E-state index contributed by atoms with van der Waals surface area (Å²) in [6.45, 7) is 1.63. The molecule has 1 heterocycles.